The Labute approximate surface area is 128 Å². The molecule has 0 saturated carbocycles. The molecular weight excluding hydrogens is 282 g/mol. The molecule has 4 N–H and O–H groups in total. The van der Waals surface area contributed by atoms with E-state index in [-0.39, 0.29) is 17.9 Å². The van der Waals surface area contributed by atoms with Gasteiger partial charge in [-0.15, -0.1) is 0 Å². The van der Waals surface area contributed by atoms with Crippen molar-refractivity contribution in [1.29, 1.82) is 0 Å². The summed E-state index contributed by atoms with van der Waals surface area (Å²) in [5.41, 5.74) is 5.43. The first-order chi connectivity index (χ1) is 10.4. The van der Waals surface area contributed by atoms with Crippen LogP contribution in [0.25, 0.3) is 0 Å². The van der Waals surface area contributed by atoms with Crippen molar-refractivity contribution in [3.8, 4) is 0 Å². The van der Waals surface area contributed by atoms with Crippen molar-refractivity contribution >= 4 is 11.8 Å². The van der Waals surface area contributed by atoms with E-state index in [1.165, 1.54) is 4.57 Å². The number of aromatic nitrogens is 2. The van der Waals surface area contributed by atoms with E-state index in [4.69, 9.17) is 5.73 Å². The van der Waals surface area contributed by atoms with Crippen LogP contribution in [0, 0.1) is 0 Å². The third kappa shape index (κ3) is 2.88. The number of rotatable bonds is 3. The number of amides is 2. The standard InChI is InChI=1S/C15H21N5O2/c1-4-10-5-6-11(18-13(21)17-3)15(2,9-10)20-8-7-12(16)19-14(20)22/h5-9,11H,4H2,1-3H3,(H2,16,19,22)(H2,17,18,21). The van der Waals surface area contributed by atoms with Crippen LogP contribution >= 0.6 is 0 Å². The smallest absolute Gasteiger partial charge is 0.350 e. The molecule has 1 aliphatic carbocycles. The Balaban J connectivity index is 2.52. The zero-order chi connectivity index (χ0) is 16.3. The lowest BCUT2D eigenvalue weighted by molar-refractivity contribution is 0.229. The van der Waals surface area contributed by atoms with Crippen LogP contribution in [0.2, 0.25) is 0 Å². The SMILES string of the molecule is CCC1=CC(C)(n2ccc(N)nc2=O)C(NC(=O)NC)C=C1. The summed E-state index contributed by atoms with van der Waals surface area (Å²) in [6, 6.07) is 0.873. The van der Waals surface area contributed by atoms with Gasteiger partial charge >= 0.3 is 11.7 Å². The molecule has 0 aliphatic heterocycles. The summed E-state index contributed by atoms with van der Waals surface area (Å²) in [6.07, 6.45) is 8.25. The molecule has 0 spiro atoms. The van der Waals surface area contributed by atoms with Gasteiger partial charge < -0.3 is 16.4 Å². The molecule has 0 fully saturated rings. The average Bonchev–Trinajstić information content (AvgIpc) is 2.48. The Morgan fingerprint density at radius 1 is 1.55 bits per heavy atom. The van der Waals surface area contributed by atoms with Gasteiger partial charge in [-0.2, -0.15) is 4.98 Å². The molecule has 22 heavy (non-hydrogen) atoms. The molecule has 1 aromatic heterocycles. The molecule has 2 amide bonds. The lowest BCUT2D eigenvalue weighted by atomic mass is 9.84. The Kier molecular flexibility index (Phi) is 4.35. The molecule has 1 aliphatic rings. The maximum absolute atomic E-state index is 12.2. The minimum atomic E-state index is -0.760. The number of nitrogens with two attached hydrogens (primary N) is 1. The average molecular weight is 303 g/mol. The van der Waals surface area contributed by atoms with Crippen LogP contribution in [-0.4, -0.2) is 28.7 Å². The molecule has 0 bridgehead atoms. The monoisotopic (exact) mass is 303 g/mol. The van der Waals surface area contributed by atoms with Gasteiger partial charge in [0.1, 0.15) is 5.82 Å². The zero-order valence-electron chi connectivity index (χ0n) is 13.0. The highest BCUT2D eigenvalue weighted by Crippen LogP contribution is 2.29. The van der Waals surface area contributed by atoms with Crippen molar-refractivity contribution in [2.75, 3.05) is 12.8 Å². The lowest BCUT2D eigenvalue weighted by Crippen LogP contribution is -2.56. The molecule has 2 unspecified atom stereocenters. The van der Waals surface area contributed by atoms with E-state index < -0.39 is 11.2 Å². The number of nitrogens with one attached hydrogen (secondary N) is 2. The molecule has 7 nitrogen and oxygen atoms in total. The van der Waals surface area contributed by atoms with E-state index in [1.807, 2.05) is 32.1 Å². The second kappa shape index (κ2) is 6.05. The van der Waals surface area contributed by atoms with Gasteiger partial charge in [0.15, 0.2) is 0 Å². The Hall–Kier alpha value is -2.57. The number of nitrogens with zero attached hydrogens (tertiary/aromatic N) is 2. The number of carbonyl (C=O) groups excluding carboxylic acids is 1. The third-order valence-corrected chi connectivity index (χ3v) is 3.88. The van der Waals surface area contributed by atoms with Crippen LogP contribution in [0.3, 0.4) is 0 Å². The highest BCUT2D eigenvalue weighted by molar-refractivity contribution is 5.74. The van der Waals surface area contributed by atoms with Crippen LogP contribution in [0.1, 0.15) is 20.3 Å². The minimum absolute atomic E-state index is 0.173. The molecule has 0 saturated heterocycles. The fraction of sp³-hybridized carbons (Fsp3) is 0.400. The van der Waals surface area contributed by atoms with Gasteiger partial charge in [0.25, 0.3) is 0 Å². The Bertz CT molecular complexity index is 691. The van der Waals surface area contributed by atoms with Gasteiger partial charge in [-0.1, -0.05) is 30.7 Å². The fourth-order valence-corrected chi connectivity index (χ4v) is 2.56. The first kappa shape index (κ1) is 15.8. The predicted octanol–water partition coefficient (Wildman–Crippen LogP) is 0.745. The number of allylic oxidation sites excluding steroid dienone is 2. The van der Waals surface area contributed by atoms with Gasteiger partial charge in [-0.25, -0.2) is 9.59 Å². The van der Waals surface area contributed by atoms with Crippen molar-refractivity contribution in [1.82, 2.24) is 20.2 Å². The van der Waals surface area contributed by atoms with Gasteiger partial charge in [-0.3, -0.25) is 4.57 Å². The predicted molar refractivity (Wildman–Crippen MR) is 85.5 cm³/mol. The van der Waals surface area contributed by atoms with E-state index >= 15 is 0 Å². The highest BCUT2D eigenvalue weighted by Gasteiger charge is 2.36. The quantitative estimate of drug-likeness (QED) is 0.766. The van der Waals surface area contributed by atoms with Gasteiger partial charge in [0.2, 0.25) is 0 Å². The van der Waals surface area contributed by atoms with Crippen LogP contribution in [0.15, 0.2) is 40.9 Å². The number of hydrogen-bond acceptors (Lipinski definition) is 4. The number of hydrogen-bond donors (Lipinski definition) is 3. The van der Waals surface area contributed by atoms with Crippen molar-refractivity contribution in [3.63, 3.8) is 0 Å². The second-order valence-electron chi connectivity index (χ2n) is 5.36. The maximum Gasteiger partial charge on any atom is 0.350 e. The van der Waals surface area contributed by atoms with Crippen LogP contribution < -0.4 is 22.1 Å². The highest BCUT2D eigenvalue weighted by atomic mass is 16.2. The number of carbonyl (C=O) groups is 1. The largest absolute Gasteiger partial charge is 0.383 e. The summed E-state index contributed by atoms with van der Waals surface area (Å²) in [5, 5.41) is 5.37. The number of urea groups is 1. The molecule has 0 radical (unpaired) electrons. The summed E-state index contributed by atoms with van der Waals surface area (Å²) < 4.78 is 1.49. The first-order valence-electron chi connectivity index (χ1n) is 7.14. The molecule has 0 aromatic carbocycles. The van der Waals surface area contributed by atoms with Gasteiger partial charge in [0.05, 0.1) is 11.6 Å². The zero-order valence-corrected chi connectivity index (χ0v) is 13.0. The van der Waals surface area contributed by atoms with Crippen molar-refractivity contribution in [3.05, 3.63) is 46.5 Å². The molecule has 1 heterocycles. The van der Waals surface area contributed by atoms with E-state index in [9.17, 15) is 9.59 Å². The molecule has 118 valence electrons. The van der Waals surface area contributed by atoms with Gasteiger partial charge in [-0.05, 0) is 19.4 Å². The summed E-state index contributed by atoms with van der Waals surface area (Å²) >= 11 is 0. The number of nitrogen functional groups attached to an aromatic ring is 1. The molecule has 2 atom stereocenters. The second-order valence-corrected chi connectivity index (χ2v) is 5.36. The molecule has 2 rings (SSSR count). The molecule has 7 heteroatoms. The van der Waals surface area contributed by atoms with Crippen molar-refractivity contribution in [2.24, 2.45) is 0 Å². The van der Waals surface area contributed by atoms with E-state index in [2.05, 4.69) is 15.6 Å². The lowest BCUT2D eigenvalue weighted by Gasteiger charge is -2.38. The van der Waals surface area contributed by atoms with Gasteiger partial charge in [0, 0.05) is 13.2 Å². The summed E-state index contributed by atoms with van der Waals surface area (Å²) in [5.74, 6) is 0.173. The fourth-order valence-electron chi connectivity index (χ4n) is 2.56. The molecular formula is C15H21N5O2. The summed E-state index contributed by atoms with van der Waals surface area (Å²) in [4.78, 5) is 27.7. The first-order valence-corrected chi connectivity index (χ1v) is 7.14. The van der Waals surface area contributed by atoms with Crippen molar-refractivity contribution < 1.29 is 4.79 Å². The third-order valence-electron chi connectivity index (χ3n) is 3.88. The van der Waals surface area contributed by atoms with Crippen LogP contribution in [0.4, 0.5) is 10.6 Å². The van der Waals surface area contributed by atoms with E-state index in [1.54, 1.807) is 19.3 Å². The maximum atomic E-state index is 12.2. The normalized spacial score (nSPS) is 23.8. The topological polar surface area (TPSA) is 102 Å². The van der Waals surface area contributed by atoms with Crippen LogP contribution in [0.5, 0.6) is 0 Å². The van der Waals surface area contributed by atoms with E-state index in [0.29, 0.717) is 0 Å². The van der Waals surface area contributed by atoms with Crippen molar-refractivity contribution in [2.45, 2.75) is 31.8 Å². The minimum Gasteiger partial charge on any atom is -0.383 e. The Morgan fingerprint density at radius 2 is 2.27 bits per heavy atom. The van der Waals surface area contributed by atoms with Crippen LogP contribution in [-0.2, 0) is 5.54 Å². The summed E-state index contributed by atoms with van der Waals surface area (Å²) in [6.45, 7) is 3.92. The van der Waals surface area contributed by atoms with E-state index in [0.717, 1.165) is 12.0 Å². The summed E-state index contributed by atoms with van der Waals surface area (Å²) in [7, 11) is 1.55. The molecule has 1 aromatic rings. The number of anilines is 1. The Morgan fingerprint density at radius 3 is 2.86 bits per heavy atom.